The summed E-state index contributed by atoms with van der Waals surface area (Å²) < 4.78 is 78.7. The summed E-state index contributed by atoms with van der Waals surface area (Å²) in [4.78, 5) is 14.0. The maximum absolute atomic E-state index is 13.2. The molecule has 168 valence electrons. The Balaban J connectivity index is 1.71. The molecule has 0 saturated carbocycles. The second kappa shape index (κ2) is 8.96. The van der Waals surface area contributed by atoms with Crippen molar-refractivity contribution in [3.63, 3.8) is 0 Å². The Morgan fingerprint density at radius 2 is 1.71 bits per heavy atom. The molecule has 0 aromatic heterocycles. The number of hydrogen-bond acceptors (Lipinski definition) is 3. The highest BCUT2D eigenvalue weighted by Crippen LogP contribution is 2.32. The Kier molecular flexibility index (Phi) is 6.70. The molecule has 1 saturated heterocycles. The molecule has 1 aliphatic heterocycles. The van der Waals surface area contributed by atoms with Crippen LogP contribution in [0.2, 0.25) is 0 Å². The van der Waals surface area contributed by atoms with Gasteiger partial charge >= 0.3 is 6.18 Å². The van der Waals surface area contributed by atoms with Crippen LogP contribution in [-0.4, -0.2) is 38.3 Å². The van der Waals surface area contributed by atoms with E-state index in [2.05, 4.69) is 0 Å². The third-order valence-corrected chi connectivity index (χ3v) is 7.22. The molecular formula is C21H22F4N2O3S. The lowest BCUT2D eigenvalue weighted by Gasteiger charge is -2.33. The van der Waals surface area contributed by atoms with Gasteiger partial charge in [0.1, 0.15) is 5.82 Å². The van der Waals surface area contributed by atoms with Crippen molar-refractivity contribution in [2.45, 2.75) is 30.8 Å². The van der Waals surface area contributed by atoms with Crippen molar-refractivity contribution in [1.82, 2.24) is 4.31 Å². The second-order valence-corrected chi connectivity index (χ2v) is 9.20. The minimum absolute atomic E-state index is 0.0238. The van der Waals surface area contributed by atoms with E-state index in [1.54, 1.807) is 6.92 Å². The topological polar surface area (TPSA) is 57.7 Å². The van der Waals surface area contributed by atoms with Crippen molar-refractivity contribution < 1.29 is 30.8 Å². The normalized spacial score (nSPS) is 16.3. The van der Waals surface area contributed by atoms with Crippen LogP contribution in [0.25, 0.3) is 0 Å². The largest absolute Gasteiger partial charge is 0.416 e. The van der Waals surface area contributed by atoms with Crippen LogP contribution in [-0.2, 0) is 21.0 Å². The third-order valence-electron chi connectivity index (χ3n) is 5.32. The molecule has 1 amide bonds. The van der Waals surface area contributed by atoms with Gasteiger partial charge in [0.2, 0.25) is 15.9 Å². The predicted molar refractivity (Wildman–Crippen MR) is 107 cm³/mol. The number of nitrogens with zero attached hydrogens (tertiary/aromatic N) is 2. The van der Waals surface area contributed by atoms with Gasteiger partial charge in [-0.25, -0.2) is 12.8 Å². The number of hydrogen-bond donors (Lipinski definition) is 0. The standard InChI is InChI=1S/C21H22F4N2O3S/c1-2-27(18-8-6-17(22)7-9-18)20(28)15-10-12-26(13-11-15)31(29,30)19-5-3-4-16(14-19)21(23,24)25/h3-9,14-15H,2,10-13H2,1H3. The van der Waals surface area contributed by atoms with Crippen LogP contribution in [0, 0.1) is 11.7 Å². The monoisotopic (exact) mass is 458 g/mol. The number of carbonyl (C=O) groups excluding carboxylic acids is 1. The molecule has 0 unspecified atom stereocenters. The van der Waals surface area contributed by atoms with E-state index in [9.17, 15) is 30.8 Å². The molecule has 0 aliphatic carbocycles. The molecule has 31 heavy (non-hydrogen) atoms. The van der Waals surface area contributed by atoms with Gasteiger partial charge in [-0.3, -0.25) is 4.79 Å². The van der Waals surface area contributed by atoms with Gasteiger partial charge in [0.15, 0.2) is 0 Å². The first-order chi connectivity index (χ1) is 14.5. The first kappa shape index (κ1) is 23.2. The Morgan fingerprint density at radius 1 is 1.10 bits per heavy atom. The molecule has 3 rings (SSSR count). The van der Waals surface area contributed by atoms with E-state index < -0.39 is 38.4 Å². The average Bonchev–Trinajstić information content (AvgIpc) is 2.75. The van der Waals surface area contributed by atoms with Crippen LogP contribution in [0.5, 0.6) is 0 Å². The number of benzene rings is 2. The summed E-state index contributed by atoms with van der Waals surface area (Å²) >= 11 is 0. The van der Waals surface area contributed by atoms with Gasteiger partial charge in [0.25, 0.3) is 0 Å². The van der Waals surface area contributed by atoms with Crippen molar-refractivity contribution >= 4 is 21.6 Å². The number of halogens is 4. The van der Waals surface area contributed by atoms with Gasteiger partial charge < -0.3 is 4.90 Å². The summed E-state index contributed by atoms with van der Waals surface area (Å²) in [6, 6.07) is 9.17. The number of alkyl halides is 3. The van der Waals surface area contributed by atoms with E-state index in [4.69, 9.17) is 0 Å². The number of sulfonamides is 1. The van der Waals surface area contributed by atoms with Crippen LogP contribution in [0.4, 0.5) is 23.2 Å². The molecule has 0 radical (unpaired) electrons. The molecule has 2 aromatic rings. The lowest BCUT2D eigenvalue weighted by atomic mass is 9.96. The maximum atomic E-state index is 13.2. The van der Waals surface area contributed by atoms with Crippen LogP contribution in [0.3, 0.4) is 0 Å². The molecule has 1 heterocycles. The fourth-order valence-corrected chi connectivity index (χ4v) is 5.15. The Hall–Kier alpha value is -2.46. The van der Waals surface area contributed by atoms with Crippen molar-refractivity contribution in [2.24, 2.45) is 5.92 Å². The molecule has 0 spiro atoms. The molecule has 0 N–H and O–H groups in total. The van der Waals surface area contributed by atoms with Crippen molar-refractivity contribution in [3.8, 4) is 0 Å². The number of piperidine rings is 1. The van der Waals surface area contributed by atoms with Crippen molar-refractivity contribution in [3.05, 3.63) is 59.9 Å². The SMILES string of the molecule is CCN(C(=O)C1CCN(S(=O)(=O)c2cccc(C(F)(F)F)c2)CC1)c1ccc(F)cc1. The van der Waals surface area contributed by atoms with E-state index in [-0.39, 0.29) is 31.8 Å². The highest BCUT2D eigenvalue weighted by molar-refractivity contribution is 7.89. The number of rotatable bonds is 5. The molecule has 2 aromatic carbocycles. The highest BCUT2D eigenvalue weighted by atomic mass is 32.2. The first-order valence-electron chi connectivity index (χ1n) is 9.78. The van der Waals surface area contributed by atoms with E-state index in [1.807, 2.05) is 0 Å². The van der Waals surface area contributed by atoms with Gasteiger partial charge in [-0.2, -0.15) is 17.5 Å². The van der Waals surface area contributed by atoms with E-state index in [0.717, 1.165) is 22.5 Å². The van der Waals surface area contributed by atoms with Gasteiger partial charge in [-0.05, 0) is 62.2 Å². The Labute approximate surface area is 178 Å². The molecule has 1 aliphatic rings. The minimum atomic E-state index is -4.64. The van der Waals surface area contributed by atoms with Crippen LogP contribution < -0.4 is 4.90 Å². The predicted octanol–water partition coefficient (Wildman–Crippen LogP) is 4.30. The quantitative estimate of drug-likeness (QED) is 0.628. The lowest BCUT2D eigenvalue weighted by Crippen LogP contribution is -2.44. The zero-order chi connectivity index (χ0) is 22.8. The van der Waals surface area contributed by atoms with Gasteiger partial charge in [-0.1, -0.05) is 6.07 Å². The number of anilines is 1. The van der Waals surface area contributed by atoms with Crippen molar-refractivity contribution in [2.75, 3.05) is 24.5 Å². The zero-order valence-corrected chi connectivity index (χ0v) is 17.6. The summed E-state index contributed by atoms with van der Waals surface area (Å²) in [6.07, 6.45) is -4.15. The van der Waals surface area contributed by atoms with Crippen molar-refractivity contribution in [1.29, 1.82) is 0 Å². The summed E-state index contributed by atoms with van der Waals surface area (Å²) in [5.74, 6) is -1.04. The molecule has 0 bridgehead atoms. The van der Waals surface area contributed by atoms with E-state index in [0.29, 0.717) is 18.3 Å². The third kappa shape index (κ3) is 5.07. The Bertz CT molecular complexity index is 1030. The minimum Gasteiger partial charge on any atom is -0.312 e. The van der Waals surface area contributed by atoms with Crippen LogP contribution in [0.1, 0.15) is 25.3 Å². The highest BCUT2D eigenvalue weighted by Gasteiger charge is 2.36. The second-order valence-electron chi connectivity index (χ2n) is 7.26. The van der Waals surface area contributed by atoms with Crippen LogP contribution in [0.15, 0.2) is 53.4 Å². The number of amides is 1. The lowest BCUT2D eigenvalue weighted by molar-refractivity contribution is -0.137. The summed E-state index contributed by atoms with van der Waals surface area (Å²) in [5, 5.41) is 0. The molecule has 5 nitrogen and oxygen atoms in total. The number of carbonyl (C=O) groups is 1. The molecule has 10 heteroatoms. The fraction of sp³-hybridized carbons (Fsp3) is 0.381. The summed E-state index contributed by atoms with van der Waals surface area (Å²) in [6.45, 7) is 2.20. The van der Waals surface area contributed by atoms with Crippen LogP contribution >= 0.6 is 0 Å². The van der Waals surface area contributed by atoms with E-state index in [1.165, 1.54) is 29.2 Å². The van der Waals surface area contributed by atoms with E-state index >= 15 is 0 Å². The van der Waals surface area contributed by atoms with Gasteiger partial charge in [-0.15, -0.1) is 0 Å². The van der Waals surface area contributed by atoms with Gasteiger partial charge in [0, 0.05) is 31.2 Å². The summed E-state index contributed by atoms with van der Waals surface area (Å²) in [7, 11) is -4.11. The molecule has 0 atom stereocenters. The average molecular weight is 458 g/mol. The zero-order valence-electron chi connectivity index (χ0n) is 16.8. The van der Waals surface area contributed by atoms with Gasteiger partial charge in [0.05, 0.1) is 10.5 Å². The smallest absolute Gasteiger partial charge is 0.312 e. The fourth-order valence-electron chi connectivity index (χ4n) is 3.63. The summed E-state index contributed by atoms with van der Waals surface area (Å²) in [5.41, 5.74) is -0.482. The molecular weight excluding hydrogens is 436 g/mol. The molecule has 1 fully saturated rings. The maximum Gasteiger partial charge on any atom is 0.416 e. The first-order valence-corrected chi connectivity index (χ1v) is 11.2. The Morgan fingerprint density at radius 3 is 2.26 bits per heavy atom.